The molecule has 0 aliphatic heterocycles. The van der Waals surface area contributed by atoms with Gasteiger partial charge in [0.05, 0.1) is 23.1 Å². The number of aliphatic hydroxyl groups is 1. The van der Waals surface area contributed by atoms with Crippen molar-refractivity contribution in [3.05, 3.63) is 39.7 Å². The Morgan fingerprint density at radius 1 is 1.56 bits per heavy atom. The number of nitrogens with zero attached hydrogens (tertiary/aromatic N) is 1. The molecule has 18 heavy (non-hydrogen) atoms. The topological polar surface area (TPSA) is 92.5 Å². The molecule has 1 amide bonds. The van der Waals surface area contributed by atoms with E-state index in [0.717, 1.165) is 12.1 Å². The van der Waals surface area contributed by atoms with Gasteiger partial charge in [-0.05, 0) is 26.0 Å². The Balaban J connectivity index is 3.10. The highest BCUT2D eigenvalue weighted by atomic mass is 19.1. The predicted molar refractivity (Wildman–Crippen MR) is 61.7 cm³/mol. The molecule has 0 radical (unpaired) electrons. The normalized spacial score (nSPS) is 11.1. The van der Waals surface area contributed by atoms with Crippen LogP contribution in [0.3, 0.4) is 0 Å². The highest BCUT2D eigenvalue weighted by Crippen LogP contribution is 2.20. The number of carbonyl (C=O) groups excluding carboxylic acids is 1. The second kappa shape index (κ2) is 5.09. The Kier molecular flexibility index (Phi) is 3.97. The van der Waals surface area contributed by atoms with Gasteiger partial charge in [-0.1, -0.05) is 0 Å². The van der Waals surface area contributed by atoms with Crippen LogP contribution >= 0.6 is 0 Å². The van der Waals surface area contributed by atoms with Gasteiger partial charge in [0, 0.05) is 0 Å². The maximum atomic E-state index is 12.9. The van der Waals surface area contributed by atoms with Gasteiger partial charge in [0.25, 0.3) is 11.6 Å². The summed E-state index contributed by atoms with van der Waals surface area (Å²) in [6, 6.07) is 2.69. The summed E-state index contributed by atoms with van der Waals surface area (Å²) in [6.45, 7) is 2.79. The summed E-state index contributed by atoms with van der Waals surface area (Å²) in [6.07, 6.45) is 0. The standard InChI is InChI=1S/C11H13FN2O4/c1-11(2,6-15)13-10(16)8-4-3-7(12)5-9(8)14(17)18/h3-5,15H,6H2,1-2H3,(H,13,16). The molecular weight excluding hydrogens is 243 g/mol. The van der Waals surface area contributed by atoms with Crippen LogP contribution in [0.2, 0.25) is 0 Å². The minimum absolute atomic E-state index is 0.247. The number of carbonyl (C=O) groups is 1. The highest BCUT2D eigenvalue weighted by Gasteiger charge is 2.25. The minimum Gasteiger partial charge on any atom is -0.394 e. The molecule has 0 saturated heterocycles. The van der Waals surface area contributed by atoms with Crippen LogP contribution in [0, 0.1) is 15.9 Å². The van der Waals surface area contributed by atoms with E-state index in [1.54, 1.807) is 13.8 Å². The number of benzene rings is 1. The molecule has 0 atom stereocenters. The molecule has 0 heterocycles. The van der Waals surface area contributed by atoms with Gasteiger partial charge in [-0.15, -0.1) is 0 Å². The number of hydrogen-bond acceptors (Lipinski definition) is 4. The Morgan fingerprint density at radius 2 is 2.17 bits per heavy atom. The first-order valence-corrected chi connectivity index (χ1v) is 5.14. The minimum atomic E-state index is -0.917. The molecule has 2 N–H and O–H groups in total. The van der Waals surface area contributed by atoms with Crippen molar-refractivity contribution in [1.29, 1.82) is 0 Å². The molecule has 1 rings (SSSR count). The fraction of sp³-hybridized carbons (Fsp3) is 0.364. The van der Waals surface area contributed by atoms with Crippen LogP contribution in [-0.2, 0) is 0 Å². The second-order valence-electron chi connectivity index (χ2n) is 4.41. The fourth-order valence-corrected chi connectivity index (χ4v) is 1.26. The van der Waals surface area contributed by atoms with E-state index in [2.05, 4.69) is 5.32 Å². The van der Waals surface area contributed by atoms with E-state index in [1.165, 1.54) is 0 Å². The molecular formula is C11H13FN2O4. The van der Waals surface area contributed by atoms with Crippen molar-refractivity contribution in [2.75, 3.05) is 6.61 Å². The second-order valence-corrected chi connectivity index (χ2v) is 4.41. The number of aliphatic hydroxyl groups excluding tert-OH is 1. The SMILES string of the molecule is CC(C)(CO)NC(=O)c1ccc(F)cc1[N+](=O)[O-]. The van der Waals surface area contributed by atoms with Crippen molar-refractivity contribution >= 4 is 11.6 Å². The smallest absolute Gasteiger partial charge is 0.285 e. The zero-order valence-electron chi connectivity index (χ0n) is 9.94. The zero-order chi connectivity index (χ0) is 13.9. The first kappa shape index (κ1) is 14.0. The van der Waals surface area contributed by atoms with Crippen LogP contribution in [0.25, 0.3) is 0 Å². The molecule has 98 valence electrons. The fourth-order valence-electron chi connectivity index (χ4n) is 1.26. The molecule has 0 aliphatic carbocycles. The third-order valence-electron chi connectivity index (χ3n) is 2.25. The van der Waals surface area contributed by atoms with Crippen LogP contribution in [0.15, 0.2) is 18.2 Å². The first-order valence-electron chi connectivity index (χ1n) is 5.14. The zero-order valence-corrected chi connectivity index (χ0v) is 9.94. The van der Waals surface area contributed by atoms with E-state index in [0.29, 0.717) is 6.07 Å². The third kappa shape index (κ3) is 3.24. The Bertz CT molecular complexity index is 488. The average Bonchev–Trinajstić information content (AvgIpc) is 2.28. The number of nitrogens with one attached hydrogen (secondary N) is 1. The highest BCUT2D eigenvalue weighted by molar-refractivity contribution is 5.98. The molecule has 0 aromatic heterocycles. The lowest BCUT2D eigenvalue weighted by atomic mass is 10.1. The molecule has 0 bridgehead atoms. The van der Waals surface area contributed by atoms with Crippen LogP contribution in [0.1, 0.15) is 24.2 Å². The summed E-state index contributed by atoms with van der Waals surface area (Å²) in [5, 5.41) is 22.1. The van der Waals surface area contributed by atoms with Gasteiger partial charge in [0.1, 0.15) is 11.4 Å². The first-order chi connectivity index (χ1) is 8.26. The summed E-state index contributed by atoms with van der Waals surface area (Å²) < 4.78 is 12.9. The largest absolute Gasteiger partial charge is 0.394 e. The number of nitro groups is 1. The lowest BCUT2D eigenvalue weighted by molar-refractivity contribution is -0.385. The van der Waals surface area contributed by atoms with E-state index in [4.69, 9.17) is 5.11 Å². The number of halogens is 1. The van der Waals surface area contributed by atoms with E-state index >= 15 is 0 Å². The van der Waals surface area contributed by atoms with Gasteiger partial charge in [0.2, 0.25) is 0 Å². The Hall–Kier alpha value is -2.02. The quantitative estimate of drug-likeness (QED) is 0.626. The third-order valence-corrected chi connectivity index (χ3v) is 2.25. The Morgan fingerprint density at radius 3 is 2.67 bits per heavy atom. The van der Waals surface area contributed by atoms with Gasteiger partial charge < -0.3 is 10.4 Å². The van der Waals surface area contributed by atoms with E-state index in [-0.39, 0.29) is 12.2 Å². The molecule has 0 aliphatic rings. The van der Waals surface area contributed by atoms with Gasteiger partial charge in [-0.25, -0.2) is 4.39 Å². The summed E-state index contributed by atoms with van der Waals surface area (Å²) in [7, 11) is 0. The predicted octanol–water partition coefficient (Wildman–Crippen LogP) is 1.23. The molecule has 1 aromatic rings. The van der Waals surface area contributed by atoms with Crippen molar-refractivity contribution < 1.29 is 19.2 Å². The number of hydrogen-bond donors (Lipinski definition) is 2. The van der Waals surface area contributed by atoms with E-state index < -0.39 is 27.9 Å². The average molecular weight is 256 g/mol. The number of rotatable bonds is 4. The van der Waals surface area contributed by atoms with Gasteiger partial charge >= 0.3 is 0 Å². The van der Waals surface area contributed by atoms with Crippen molar-refractivity contribution in [3.8, 4) is 0 Å². The van der Waals surface area contributed by atoms with Crippen LogP contribution in [0.5, 0.6) is 0 Å². The number of nitro benzene ring substituents is 1. The maximum absolute atomic E-state index is 12.9. The molecule has 1 aromatic carbocycles. The van der Waals surface area contributed by atoms with Crippen LogP contribution < -0.4 is 5.32 Å². The van der Waals surface area contributed by atoms with E-state index in [1.807, 2.05) is 0 Å². The molecule has 7 heteroatoms. The summed E-state index contributed by atoms with van der Waals surface area (Å²) in [5.74, 6) is -1.53. The van der Waals surface area contributed by atoms with Crippen LogP contribution in [0.4, 0.5) is 10.1 Å². The molecule has 6 nitrogen and oxygen atoms in total. The van der Waals surface area contributed by atoms with E-state index in [9.17, 15) is 19.3 Å². The summed E-state index contributed by atoms with van der Waals surface area (Å²) >= 11 is 0. The molecule has 0 saturated carbocycles. The van der Waals surface area contributed by atoms with Gasteiger partial charge in [-0.2, -0.15) is 0 Å². The Labute approximate surface area is 103 Å². The number of amides is 1. The monoisotopic (exact) mass is 256 g/mol. The van der Waals surface area contributed by atoms with Crippen molar-refractivity contribution in [2.45, 2.75) is 19.4 Å². The molecule has 0 unspecified atom stereocenters. The van der Waals surface area contributed by atoms with Crippen LogP contribution in [-0.4, -0.2) is 28.1 Å². The molecule has 0 fully saturated rings. The maximum Gasteiger partial charge on any atom is 0.285 e. The van der Waals surface area contributed by atoms with Crippen molar-refractivity contribution in [1.82, 2.24) is 5.32 Å². The lowest BCUT2D eigenvalue weighted by Crippen LogP contribution is -2.46. The van der Waals surface area contributed by atoms with Gasteiger partial charge in [0.15, 0.2) is 0 Å². The lowest BCUT2D eigenvalue weighted by Gasteiger charge is -2.23. The van der Waals surface area contributed by atoms with Crippen molar-refractivity contribution in [2.24, 2.45) is 0 Å². The van der Waals surface area contributed by atoms with Crippen molar-refractivity contribution in [3.63, 3.8) is 0 Å². The van der Waals surface area contributed by atoms with Gasteiger partial charge in [-0.3, -0.25) is 14.9 Å². The molecule has 0 spiro atoms. The summed E-state index contributed by atoms with van der Waals surface area (Å²) in [5.41, 5.74) is -1.77. The summed E-state index contributed by atoms with van der Waals surface area (Å²) in [4.78, 5) is 21.7.